The van der Waals surface area contributed by atoms with Gasteiger partial charge in [-0.1, -0.05) is 24.3 Å². The lowest BCUT2D eigenvalue weighted by atomic mass is 9.89. The molecule has 3 heteroatoms. The molecule has 0 spiro atoms. The Hall–Kier alpha value is -1.87. The number of nitrogens with zero attached hydrogens (tertiary/aromatic N) is 1. The number of ether oxygens (including phenoxy) is 1. The molecule has 2 heterocycles. The molecule has 0 fully saturated rings. The van der Waals surface area contributed by atoms with Crippen molar-refractivity contribution in [1.82, 2.24) is 10.3 Å². The molecule has 1 aliphatic heterocycles. The first-order valence-electron chi connectivity index (χ1n) is 7.50. The van der Waals surface area contributed by atoms with Crippen LogP contribution >= 0.6 is 0 Å². The number of pyridine rings is 1. The van der Waals surface area contributed by atoms with E-state index >= 15 is 0 Å². The van der Waals surface area contributed by atoms with E-state index in [1.54, 1.807) is 0 Å². The summed E-state index contributed by atoms with van der Waals surface area (Å²) >= 11 is 0. The molecular weight excluding hydrogens is 260 g/mol. The van der Waals surface area contributed by atoms with Crippen molar-refractivity contribution in [2.24, 2.45) is 0 Å². The minimum atomic E-state index is -0.157. The molecule has 0 saturated carbocycles. The van der Waals surface area contributed by atoms with Crippen LogP contribution in [0.4, 0.5) is 0 Å². The predicted octanol–water partition coefficient (Wildman–Crippen LogP) is 4.03. The Kier molecular flexibility index (Phi) is 3.68. The molecule has 21 heavy (non-hydrogen) atoms. The molecule has 0 bridgehead atoms. The van der Waals surface area contributed by atoms with Gasteiger partial charge in [-0.15, -0.1) is 0 Å². The number of hydrogen-bond donors (Lipinski definition) is 1. The minimum Gasteiger partial charge on any atom is -0.487 e. The van der Waals surface area contributed by atoms with E-state index in [2.05, 4.69) is 55.3 Å². The van der Waals surface area contributed by atoms with Gasteiger partial charge in [-0.2, -0.15) is 0 Å². The SMILES string of the molecule is CC(NC1CC(C)(C)Oc2ccccc21)c1ccccn1. The normalized spacial score (nSPS) is 21.2. The Labute approximate surface area is 126 Å². The minimum absolute atomic E-state index is 0.157. The van der Waals surface area contributed by atoms with Crippen LogP contribution in [-0.2, 0) is 0 Å². The quantitative estimate of drug-likeness (QED) is 0.922. The zero-order chi connectivity index (χ0) is 14.9. The van der Waals surface area contributed by atoms with Crippen LogP contribution in [0.1, 0.15) is 50.5 Å². The summed E-state index contributed by atoms with van der Waals surface area (Å²) in [4.78, 5) is 4.44. The smallest absolute Gasteiger partial charge is 0.124 e. The topological polar surface area (TPSA) is 34.1 Å². The van der Waals surface area contributed by atoms with Crippen LogP contribution in [0.2, 0.25) is 0 Å². The molecule has 0 amide bonds. The third kappa shape index (κ3) is 3.08. The fourth-order valence-electron chi connectivity index (χ4n) is 2.97. The molecule has 0 aliphatic carbocycles. The van der Waals surface area contributed by atoms with Gasteiger partial charge in [0, 0.05) is 30.3 Å². The van der Waals surface area contributed by atoms with Crippen LogP contribution in [0, 0.1) is 0 Å². The van der Waals surface area contributed by atoms with E-state index in [0.717, 1.165) is 17.9 Å². The lowest BCUT2D eigenvalue weighted by molar-refractivity contribution is 0.0639. The van der Waals surface area contributed by atoms with Crippen molar-refractivity contribution >= 4 is 0 Å². The maximum absolute atomic E-state index is 6.08. The Morgan fingerprint density at radius 3 is 2.71 bits per heavy atom. The lowest BCUT2D eigenvalue weighted by Gasteiger charge is -2.39. The fraction of sp³-hybridized carbons (Fsp3) is 0.389. The summed E-state index contributed by atoms with van der Waals surface area (Å²) in [6.45, 7) is 6.44. The van der Waals surface area contributed by atoms with E-state index in [-0.39, 0.29) is 17.7 Å². The predicted molar refractivity (Wildman–Crippen MR) is 84.3 cm³/mol. The van der Waals surface area contributed by atoms with E-state index in [1.165, 1.54) is 5.56 Å². The van der Waals surface area contributed by atoms with Crippen LogP contribution in [0.15, 0.2) is 48.7 Å². The molecule has 3 rings (SSSR count). The maximum atomic E-state index is 6.08. The van der Waals surface area contributed by atoms with Crippen molar-refractivity contribution < 1.29 is 4.74 Å². The van der Waals surface area contributed by atoms with Crippen molar-refractivity contribution in [2.75, 3.05) is 0 Å². The van der Waals surface area contributed by atoms with Crippen LogP contribution < -0.4 is 10.1 Å². The van der Waals surface area contributed by atoms with Gasteiger partial charge in [0.05, 0.1) is 5.69 Å². The molecule has 3 nitrogen and oxygen atoms in total. The monoisotopic (exact) mass is 282 g/mol. The summed E-state index contributed by atoms with van der Waals surface area (Å²) in [6, 6.07) is 14.8. The molecule has 2 aromatic rings. The second kappa shape index (κ2) is 5.49. The lowest BCUT2D eigenvalue weighted by Crippen LogP contribution is -2.40. The van der Waals surface area contributed by atoms with Gasteiger partial charge in [-0.3, -0.25) is 4.98 Å². The van der Waals surface area contributed by atoms with E-state index in [4.69, 9.17) is 4.74 Å². The van der Waals surface area contributed by atoms with Crippen LogP contribution in [0.5, 0.6) is 5.75 Å². The molecule has 1 aromatic carbocycles. The van der Waals surface area contributed by atoms with Gasteiger partial charge in [-0.25, -0.2) is 0 Å². The van der Waals surface area contributed by atoms with Crippen molar-refractivity contribution in [2.45, 2.75) is 44.9 Å². The van der Waals surface area contributed by atoms with Gasteiger partial charge in [0.1, 0.15) is 11.4 Å². The molecule has 0 radical (unpaired) electrons. The van der Waals surface area contributed by atoms with Crippen molar-refractivity contribution in [3.8, 4) is 5.75 Å². The number of nitrogens with one attached hydrogen (secondary N) is 1. The highest BCUT2D eigenvalue weighted by atomic mass is 16.5. The van der Waals surface area contributed by atoms with Crippen LogP contribution in [0.25, 0.3) is 0 Å². The van der Waals surface area contributed by atoms with E-state index in [1.807, 2.05) is 24.4 Å². The molecule has 2 unspecified atom stereocenters. The second-order valence-electron chi connectivity index (χ2n) is 6.30. The first-order valence-corrected chi connectivity index (χ1v) is 7.50. The van der Waals surface area contributed by atoms with Gasteiger partial charge in [0.25, 0.3) is 0 Å². The first kappa shape index (κ1) is 14.1. The number of fused-ring (bicyclic) bond motifs is 1. The van der Waals surface area contributed by atoms with E-state index < -0.39 is 0 Å². The second-order valence-corrected chi connectivity index (χ2v) is 6.30. The third-order valence-electron chi connectivity index (χ3n) is 3.96. The molecular formula is C18H22N2O. The Morgan fingerprint density at radius 1 is 1.19 bits per heavy atom. The van der Waals surface area contributed by atoms with Gasteiger partial charge in [0.2, 0.25) is 0 Å². The highest BCUT2D eigenvalue weighted by Gasteiger charge is 2.34. The fourth-order valence-corrected chi connectivity index (χ4v) is 2.97. The van der Waals surface area contributed by atoms with Crippen LogP contribution in [0.3, 0.4) is 0 Å². The summed E-state index contributed by atoms with van der Waals surface area (Å²) in [5, 5.41) is 3.70. The van der Waals surface area contributed by atoms with Gasteiger partial charge < -0.3 is 10.1 Å². The Balaban J connectivity index is 1.85. The molecule has 0 saturated heterocycles. The zero-order valence-corrected chi connectivity index (χ0v) is 12.8. The summed E-state index contributed by atoms with van der Waals surface area (Å²) in [5.74, 6) is 0.986. The Morgan fingerprint density at radius 2 is 1.95 bits per heavy atom. The maximum Gasteiger partial charge on any atom is 0.124 e. The number of benzene rings is 1. The summed E-state index contributed by atoms with van der Waals surface area (Å²) in [6.07, 6.45) is 2.79. The highest BCUT2D eigenvalue weighted by molar-refractivity contribution is 5.38. The zero-order valence-electron chi connectivity index (χ0n) is 12.8. The Bertz CT molecular complexity index is 610. The van der Waals surface area contributed by atoms with Gasteiger partial charge in [-0.05, 0) is 39.0 Å². The number of aromatic nitrogens is 1. The average molecular weight is 282 g/mol. The summed E-state index contributed by atoms with van der Waals surface area (Å²) in [7, 11) is 0. The molecule has 1 N–H and O–H groups in total. The largest absolute Gasteiger partial charge is 0.487 e. The summed E-state index contributed by atoms with van der Waals surface area (Å²) in [5.41, 5.74) is 2.15. The third-order valence-corrected chi connectivity index (χ3v) is 3.96. The van der Waals surface area contributed by atoms with Gasteiger partial charge >= 0.3 is 0 Å². The van der Waals surface area contributed by atoms with E-state index in [9.17, 15) is 0 Å². The highest BCUT2D eigenvalue weighted by Crippen LogP contribution is 2.40. The van der Waals surface area contributed by atoms with Crippen molar-refractivity contribution in [3.05, 3.63) is 59.9 Å². The van der Waals surface area contributed by atoms with Crippen LogP contribution in [-0.4, -0.2) is 10.6 Å². The molecule has 2 atom stereocenters. The van der Waals surface area contributed by atoms with E-state index in [0.29, 0.717) is 0 Å². The standard InChI is InChI=1S/C18H22N2O/c1-13(15-9-6-7-11-19-15)20-16-12-18(2,3)21-17-10-5-4-8-14(16)17/h4-11,13,16,20H,12H2,1-3H3. The number of rotatable bonds is 3. The average Bonchev–Trinajstić information content (AvgIpc) is 2.47. The molecule has 1 aromatic heterocycles. The van der Waals surface area contributed by atoms with Gasteiger partial charge in [0.15, 0.2) is 0 Å². The molecule has 110 valence electrons. The number of hydrogen-bond acceptors (Lipinski definition) is 3. The van der Waals surface area contributed by atoms with Crippen molar-refractivity contribution in [3.63, 3.8) is 0 Å². The van der Waals surface area contributed by atoms with Crippen molar-refractivity contribution in [1.29, 1.82) is 0 Å². The first-order chi connectivity index (χ1) is 10.1. The summed E-state index contributed by atoms with van der Waals surface area (Å²) < 4.78 is 6.08. The number of para-hydroxylation sites is 1. The molecule has 1 aliphatic rings.